The van der Waals surface area contributed by atoms with Gasteiger partial charge in [-0.2, -0.15) is 0 Å². The summed E-state index contributed by atoms with van der Waals surface area (Å²) in [5.41, 5.74) is 1.08. The second-order valence-electron chi connectivity index (χ2n) is 1.28. The van der Waals surface area contributed by atoms with E-state index in [1.807, 2.05) is 0 Å². The molecule has 0 aromatic rings. The van der Waals surface area contributed by atoms with Crippen LogP contribution in [0.2, 0.25) is 0 Å². The van der Waals surface area contributed by atoms with Crippen LogP contribution in [0.5, 0.6) is 0 Å². The van der Waals surface area contributed by atoms with E-state index in [0.717, 1.165) is 5.54 Å². The Labute approximate surface area is 56.9 Å². The fraction of sp³-hybridized carbons (Fsp3) is 0.200. The molecule has 0 atom stereocenters. The summed E-state index contributed by atoms with van der Waals surface area (Å²) in [5.74, 6) is -2.64. The van der Waals surface area contributed by atoms with E-state index < -0.39 is 11.8 Å². The molecule has 0 aliphatic rings. The van der Waals surface area contributed by atoms with Crippen molar-refractivity contribution in [1.82, 2.24) is 0 Å². The van der Waals surface area contributed by atoms with Crippen molar-refractivity contribution in [2.45, 2.75) is 6.42 Å². The van der Waals surface area contributed by atoms with Gasteiger partial charge in [-0.15, -0.1) is 0 Å². The standard InChI is InChI=1S/C5H5ClO3/c6-3-1-2-4(7)5(8)9/h1,3H,2H2,(H,8,9)/p-1/b3-1+. The summed E-state index contributed by atoms with van der Waals surface area (Å²) in [5, 5.41) is 9.67. The van der Waals surface area contributed by atoms with E-state index >= 15 is 0 Å². The molecule has 9 heavy (non-hydrogen) atoms. The average molecular weight is 148 g/mol. The molecule has 0 aromatic carbocycles. The van der Waals surface area contributed by atoms with Gasteiger partial charge in [0, 0.05) is 12.0 Å². The van der Waals surface area contributed by atoms with E-state index in [-0.39, 0.29) is 6.42 Å². The van der Waals surface area contributed by atoms with Crippen molar-refractivity contribution >= 4 is 23.4 Å². The minimum Gasteiger partial charge on any atom is -0.542 e. The third kappa shape index (κ3) is 3.73. The van der Waals surface area contributed by atoms with Gasteiger partial charge < -0.3 is 9.90 Å². The Kier molecular flexibility index (Phi) is 3.71. The first-order chi connectivity index (χ1) is 4.18. The summed E-state index contributed by atoms with van der Waals surface area (Å²) in [4.78, 5) is 19.8. The third-order valence-corrected chi connectivity index (χ3v) is 0.798. The van der Waals surface area contributed by atoms with Crippen LogP contribution in [0.4, 0.5) is 0 Å². The maximum absolute atomic E-state index is 10.1. The summed E-state index contributed by atoms with van der Waals surface area (Å²) in [6.45, 7) is 0. The van der Waals surface area contributed by atoms with Gasteiger partial charge in [-0.05, 0) is 0 Å². The number of aliphatic carboxylic acids is 1. The summed E-state index contributed by atoms with van der Waals surface area (Å²) in [6, 6.07) is 0. The number of carbonyl (C=O) groups excluding carboxylic acids is 2. The molecule has 3 nitrogen and oxygen atoms in total. The van der Waals surface area contributed by atoms with Crippen molar-refractivity contribution in [1.29, 1.82) is 0 Å². The van der Waals surface area contributed by atoms with E-state index in [2.05, 4.69) is 0 Å². The second kappa shape index (κ2) is 4.09. The molecule has 0 heterocycles. The maximum atomic E-state index is 10.1. The molecule has 0 saturated heterocycles. The molecular formula is C5H4ClO3-. The smallest absolute Gasteiger partial charge is 0.182 e. The molecule has 50 valence electrons. The molecule has 0 N–H and O–H groups in total. The van der Waals surface area contributed by atoms with Gasteiger partial charge in [0.1, 0.15) is 5.97 Å². The van der Waals surface area contributed by atoms with Crippen LogP contribution in [0.25, 0.3) is 0 Å². The Hall–Kier alpha value is -0.830. The van der Waals surface area contributed by atoms with Gasteiger partial charge in [0.2, 0.25) is 0 Å². The van der Waals surface area contributed by atoms with Crippen LogP contribution in [0.1, 0.15) is 6.42 Å². The lowest BCUT2D eigenvalue weighted by Gasteiger charge is -1.93. The van der Waals surface area contributed by atoms with Crippen molar-refractivity contribution in [3.8, 4) is 0 Å². The van der Waals surface area contributed by atoms with Gasteiger partial charge in [0.05, 0.1) is 0 Å². The lowest BCUT2D eigenvalue weighted by atomic mass is 10.3. The number of Topliss-reactive ketones (excluding diaryl/α,β-unsaturated/α-hetero) is 1. The SMILES string of the molecule is O=C([O-])C(=O)C/C=C/Cl. The fourth-order valence-electron chi connectivity index (χ4n) is 0.235. The molecule has 0 amide bonds. The highest BCUT2D eigenvalue weighted by molar-refractivity contribution is 6.32. The molecule has 0 bridgehead atoms. The molecule has 0 aliphatic heterocycles. The highest BCUT2D eigenvalue weighted by Crippen LogP contribution is 1.86. The first-order valence-corrected chi connectivity index (χ1v) is 2.61. The molecular weight excluding hydrogens is 144 g/mol. The number of halogens is 1. The van der Waals surface area contributed by atoms with Gasteiger partial charge in [0.15, 0.2) is 5.78 Å². The van der Waals surface area contributed by atoms with Crippen LogP contribution >= 0.6 is 11.6 Å². The highest BCUT2D eigenvalue weighted by atomic mass is 35.5. The Morgan fingerprint density at radius 1 is 1.56 bits per heavy atom. The van der Waals surface area contributed by atoms with Crippen LogP contribution in [0, 0.1) is 0 Å². The second-order valence-corrected chi connectivity index (χ2v) is 1.53. The van der Waals surface area contributed by atoms with Gasteiger partial charge in [-0.1, -0.05) is 17.7 Å². The minimum absolute atomic E-state index is 0.203. The van der Waals surface area contributed by atoms with Gasteiger partial charge >= 0.3 is 0 Å². The molecule has 0 saturated carbocycles. The van der Waals surface area contributed by atoms with Crippen LogP contribution in [0.15, 0.2) is 11.6 Å². The molecule has 0 radical (unpaired) electrons. The molecule has 0 fully saturated rings. The number of hydrogen-bond acceptors (Lipinski definition) is 3. The summed E-state index contributed by atoms with van der Waals surface area (Å²) in [7, 11) is 0. The quantitative estimate of drug-likeness (QED) is 0.504. The largest absolute Gasteiger partial charge is 0.542 e. The Morgan fingerprint density at radius 3 is 2.44 bits per heavy atom. The van der Waals surface area contributed by atoms with E-state index in [1.54, 1.807) is 0 Å². The van der Waals surface area contributed by atoms with E-state index in [1.165, 1.54) is 6.08 Å². The maximum Gasteiger partial charge on any atom is 0.182 e. The lowest BCUT2D eigenvalue weighted by Crippen LogP contribution is -2.30. The summed E-state index contributed by atoms with van der Waals surface area (Å²) < 4.78 is 0. The van der Waals surface area contributed by atoms with E-state index in [4.69, 9.17) is 11.6 Å². The fourth-order valence-corrected chi connectivity index (χ4v) is 0.324. The molecule has 4 heteroatoms. The monoisotopic (exact) mass is 147 g/mol. The number of carbonyl (C=O) groups is 2. The zero-order valence-corrected chi connectivity index (χ0v) is 5.22. The normalized spacial score (nSPS) is 9.89. The molecule has 0 unspecified atom stereocenters. The number of allylic oxidation sites excluding steroid dienone is 1. The van der Waals surface area contributed by atoms with Gasteiger partial charge in [-0.25, -0.2) is 0 Å². The summed E-state index contributed by atoms with van der Waals surface area (Å²) >= 11 is 5.00. The summed E-state index contributed by atoms with van der Waals surface area (Å²) in [6.07, 6.45) is 1.03. The van der Waals surface area contributed by atoms with Crippen molar-refractivity contribution < 1.29 is 14.7 Å². The van der Waals surface area contributed by atoms with E-state index in [0.29, 0.717) is 0 Å². The highest BCUT2D eigenvalue weighted by Gasteiger charge is 1.96. The van der Waals surface area contributed by atoms with Crippen molar-refractivity contribution in [2.75, 3.05) is 0 Å². The lowest BCUT2D eigenvalue weighted by molar-refractivity contribution is -0.299. The average Bonchev–Trinajstić information content (AvgIpc) is 1.82. The molecule has 0 spiro atoms. The van der Waals surface area contributed by atoms with Crippen molar-refractivity contribution in [3.05, 3.63) is 11.6 Å². The van der Waals surface area contributed by atoms with Gasteiger partial charge in [0.25, 0.3) is 0 Å². The zero-order valence-electron chi connectivity index (χ0n) is 4.46. The third-order valence-electron chi connectivity index (χ3n) is 0.620. The van der Waals surface area contributed by atoms with Crippen LogP contribution in [-0.4, -0.2) is 11.8 Å². The topological polar surface area (TPSA) is 57.2 Å². The number of carboxylic acid groups (broad SMARTS) is 1. The zero-order chi connectivity index (χ0) is 7.28. The van der Waals surface area contributed by atoms with Crippen molar-refractivity contribution in [2.24, 2.45) is 0 Å². The molecule has 0 rings (SSSR count). The Morgan fingerprint density at radius 2 is 2.11 bits per heavy atom. The molecule has 0 aliphatic carbocycles. The Bertz CT molecular complexity index is 150. The molecule has 0 aromatic heterocycles. The first kappa shape index (κ1) is 8.17. The first-order valence-electron chi connectivity index (χ1n) is 2.18. The Balaban J connectivity index is 3.65. The van der Waals surface area contributed by atoms with Crippen molar-refractivity contribution in [3.63, 3.8) is 0 Å². The number of carboxylic acids is 1. The predicted octanol–water partition coefficient (Wildman–Crippen LogP) is -0.552. The minimum atomic E-state index is -1.68. The number of hydrogen-bond donors (Lipinski definition) is 0. The van der Waals surface area contributed by atoms with Crippen LogP contribution in [-0.2, 0) is 9.59 Å². The predicted molar refractivity (Wildman–Crippen MR) is 29.6 cm³/mol. The van der Waals surface area contributed by atoms with E-state index in [9.17, 15) is 14.7 Å². The number of ketones is 1. The van der Waals surface area contributed by atoms with Crippen LogP contribution < -0.4 is 5.11 Å². The van der Waals surface area contributed by atoms with Crippen LogP contribution in [0.3, 0.4) is 0 Å². The number of rotatable bonds is 3. The van der Waals surface area contributed by atoms with Gasteiger partial charge in [-0.3, -0.25) is 4.79 Å².